The summed E-state index contributed by atoms with van der Waals surface area (Å²) in [5.41, 5.74) is 5.56. The number of hydrogen-bond acceptors (Lipinski definition) is 2. The third-order valence-corrected chi connectivity index (χ3v) is 5.86. The van der Waals surface area contributed by atoms with Crippen LogP contribution in [0.15, 0.2) is 67.3 Å². The van der Waals surface area contributed by atoms with E-state index in [0.717, 1.165) is 11.0 Å². The zero-order valence-corrected chi connectivity index (χ0v) is 18.6. The molecule has 0 bridgehead atoms. The first-order chi connectivity index (χ1) is 13.8. The van der Waals surface area contributed by atoms with E-state index in [1.165, 1.54) is 16.7 Å². The summed E-state index contributed by atoms with van der Waals surface area (Å²) in [5.74, 6) is 0.471. The van der Waals surface area contributed by atoms with Gasteiger partial charge >= 0.3 is 7.12 Å². The van der Waals surface area contributed by atoms with Crippen molar-refractivity contribution in [3.8, 4) is 0 Å². The molecule has 1 fully saturated rings. The molecule has 0 spiro atoms. The van der Waals surface area contributed by atoms with Gasteiger partial charge in [0.2, 0.25) is 0 Å². The molecule has 0 unspecified atom stereocenters. The number of allylic oxidation sites excluding steroid dienone is 2. The minimum Gasteiger partial charge on any atom is -0.400 e. The minimum atomic E-state index is -0.404. The molecule has 1 aliphatic rings. The summed E-state index contributed by atoms with van der Waals surface area (Å²) in [5, 5.41) is 0. The van der Waals surface area contributed by atoms with Gasteiger partial charge in [-0.1, -0.05) is 101 Å². The van der Waals surface area contributed by atoms with E-state index < -0.39 is 7.12 Å². The zero-order chi connectivity index (χ0) is 21.2. The highest BCUT2D eigenvalue weighted by Crippen LogP contribution is 2.47. The van der Waals surface area contributed by atoms with Crippen LogP contribution in [0.1, 0.15) is 70.3 Å². The van der Waals surface area contributed by atoms with Crippen molar-refractivity contribution in [1.29, 1.82) is 0 Å². The highest BCUT2D eigenvalue weighted by molar-refractivity contribution is 6.61. The van der Waals surface area contributed by atoms with Crippen molar-refractivity contribution in [3.05, 3.63) is 84.0 Å². The first kappa shape index (κ1) is 21.6. The van der Waals surface area contributed by atoms with Crippen molar-refractivity contribution in [2.75, 3.05) is 0 Å². The van der Waals surface area contributed by atoms with Gasteiger partial charge in [-0.3, -0.25) is 0 Å². The van der Waals surface area contributed by atoms with E-state index in [2.05, 4.69) is 83.7 Å². The van der Waals surface area contributed by atoms with Crippen LogP contribution in [-0.2, 0) is 9.31 Å². The van der Waals surface area contributed by atoms with Crippen LogP contribution >= 0.6 is 0 Å². The van der Waals surface area contributed by atoms with Gasteiger partial charge in [0.1, 0.15) is 0 Å². The monoisotopic (exact) mass is 388 g/mol. The summed E-state index contributed by atoms with van der Waals surface area (Å²) in [7, 11) is -0.404. The third-order valence-electron chi connectivity index (χ3n) is 5.86. The third kappa shape index (κ3) is 4.41. The fraction of sp³-hybridized carbons (Fsp3) is 0.385. The van der Waals surface area contributed by atoms with Gasteiger partial charge in [-0.25, -0.2) is 0 Å². The highest BCUT2D eigenvalue weighted by atomic mass is 16.6. The smallest absolute Gasteiger partial charge is 0.400 e. The van der Waals surface area contributed by atoms with Crippen LogP contribution in [0.4, 0.5) is 0 Å². The fourth-order valence-corrected chi connectivity index (χ4v) is 4.03. The maximum atomic E-state index is 6.64. The van der Waals surface area contributed by atoms with Crippen molar-refractivity contribution >= 4 is 18.2 Å². The van der Waals surface area contributed by atoms with E-state index in [9.17, 15) is 0 Å². The van der Waals surface area contributed by atoms with Gasteiger partial charge in [0, 0.05) is 5.41 Å². The molecule has 3 heteroatoms. The van der Waals surface area contributed by atoms with Gasteiger partial charge in [-0.2, -0.15) is 0 Å². The Hall–Kier alpha value is -2.10. The molecule has 1 heterocycles. The van der Waals surface area contributed by atoms with E-state index in [1.54, 1.807) is 0 Å². The molecule has 2 aromatic rings. The second kappa shape index (κ2) is 8.73. The maximum absolute atomic E-state index is 6.64. The first-order valence-electron chi connectivity index (χ1n) is 10.5. The van der Waals surface area contributed by atoms with E-state index in [-0.39, 0.29) is 17.6 Å². The molecule has 2 nitrogen and oxygen atoms in total. The Bertz CT molecular complexity index is 883. The quantitative estimate of drug-likeness (QED) is 0.442. The van der Waals surface area contributed by atoms with E-state index in [0.29, 0.717) is 5.92 Å². The lowest BCUT2D eigenvalue weighted by Gasteiger charge is -2.47. The van der Waals surface area contributed by atoms with Gasteiger partial charge in [-0.15, -0.1) is 0 Å². The van der Waals surface area contributed by atoms with Crippen LogP contribution in [0, 0.1) is 5.41 Å². The molecular weight excluding hydrogens is 355 g/mol. The van der Waals surface area contributed by atoms with Crippen LogP contribution < -0.4 is 5.46 Å². The van der Waals surface area contributed by atoms with E-state index in [1.807, 2.05) is 25.1 Å². The lowest BCUT2D eigenvalue weighted by molar-refractivity contribution is -0.0687. The highest BCUT2D eigenvalue weighted by Gasteiger charge is 2.48. The van der Waals surface area contributed by atoms with Crippen molar-refractivity contribution in [2.45, 2.75) is 59.7 Å². The van der Waals surface area contributed by atoms with Crippen LogP contribution in [0.3, 0.4) is 0 Å². The van der Waals surface area contributed by atoms with E-state index >= 15 is 0 Å². The van der Waals surface area contributed by atoms with Crippen LogP contribution in [0.2, 0.25) is 0 Å². The van der Waals surface area contributed by atoms with Crippen molar-refractivity contribution in [2.24, 2.45) is 5.41 Å². The second-order valence-electron chi connectivity index (χ2n) is 8.94. The van der Waals surface area contributed by atoms with Gasteiger partial charge in [0.15, 0.2) is 0 Å². The molecule has 0 aromatic heterocycles. The average Bonchev–Trinajstić information content (AvgIpc) is 2.69. The van der Waals surface area contributed by atoms with Crippen LogP contribution in [0.25, 0.3) is 5.57 Å². The Morgan fingerprint density at radius 2 is 1.79 bits per heavy atom. The van der Waals surface area contributed by atoms with Crippen LogP contribution in [0.5, 0.6) is 0 Å². The summed E-state index contributed by atoms with van der Waals surface area (Å²) in [6.45, 7) is 17.3. The van der Waals surface area contributed by atoms with Gasteiger partial charge in [0.25, 0.3) is 0 Å². The molecule has 0 saturated carbocycles. The Morgan fingerprint density at radius 3 is 2.38 bits per heavy atom. The SMILES string of the molecule is C=C(C)c1cc(C(C)C)ccc1[C@H]1OB(c2ccccc2)O[C@H](/C=C/C)C1(C)C. The number of hydrogen-bond donors (Lipinski definition) is 0. The Balaban J connectivity index is 2.10. The fourth-order valence-electron chi connectivity index (χ4n) is 4.03. The molecule has 2 aromatic carbocycles. The lowest BCUT2D eigenvalue weighted by atomic mass is 9.68. The molecule has 1 aliphatic heterocycles. The minimum absolute atomic E-state index is 0.0563. The maximum Gasteiger partial charge on any atom is 0.494 e. The zero-order valence-electron chi connectivity index (χ0n) is 18.6. The summed E-state index contributed by atoms with van der Waals surface area (Å²) >= 11 is 0. The summed E-state index contributed by atoms with van der Waals surface area (Å²) in [4.78, 5) is 0. The molecule has 3 rings (SSSR count). The van der Waals surface area contributed by atoms with Crippen molar-refractivity contribution < 1.29 is 9.31 Å². The van der Waals surface area contributed by atoms with E-state index in [4.69, 9.17) is 9.31 Å². The summed E-state index contributed by atoms with van der Waals surface area (Å²) in [6.07, 6.45) is 4.04. The van der Waals surface area contributed by atoms with Gasteiger partial charge < -0.3 is 9.31 Å². The summed E-state index contributed by atoms with van der Waals surface area (Å²) < 4.78 is 13.1. The first-order valence-corrected chi connectivity index (χ1v) is 10.5. The standard InChI is InChI=1S/C26H33BO2/c1-8-12-24-26(6,7)25(29-27(28-24)21-13-10-9-11-14-21)22-16-15-20(18(2)3)17-23(22)19(4)5/h8-18,24-25H,4H2,1-3,5-7H3/b12-8+/t24-,25-/m1/s1. The van der Waals surface area contributed by atoms with Crippen molar-refractivity contribution in [1.82, 2.24) is 0 Å². The van der Waals surface area contributed by atoms with Gasteiger partial charge in [0.05, 0.1) is 12.2 Å². The molecule has 0 aliphatic carbocycles. The molecule has 29 heavy (non-hydrogen) atoms. The molecule has 152 valence electrons. The Morgan fingerprint density at radius 1 is 1.10 bits per heavy atom. The predicted molar refractivity (Wildman–Crippen MR) is 124 cm³/mol. The molecule has 0 radical (unpaired) electrons. The largest absolute Gasteiger partial charge is 0.494 e. The summed E-state index contributed by atoms with van der Waals surface area (Å²) in [6, 6.07) is 16.9. The second-order valence-corrected chi connectivity index (χ2v) is 8.94. The predicted octanol–water partition coefficient (Wildman–Crippen LogP) is 6.30. The molecular formula is C26H33BO2. The molecule has 0 amide bonds. The Labute approximate surface area is 176 Å². The Kier molecular flexibility index (Phi) is 6.50. The van der Waals surface area contributed by atoms with Crippen molar-refractivity contribution in [3.63, 3.8) is 0 Å². The molecule has 1 saturated heterocycles. The number of benzene rings is 2. The lowest BCUT2D eigenvalue weighted by Crippen LogP contribution is -2.53. The van der Waals surface area contributed by atoms with Crippen LogP contribution in [-0.4, -0.2) is 13.2 Å². The van der Waals surface area contributed by atoms with Gasteiger partial charge in [-0.05, 0) is 41.9 Å². The number of rotatable bonds is 5. The topological polar surface area (TPSA) is 18.5 Å². The molecule has 2 atom stereocenters. The normalized spacial score (nSPS) is 21.7. The molecule has 0 N–H and O–H groups in total. The average molecular weight is 388 g/mol.